The average molecular weight is 301 g/mol. The third kappa shape index (κ3) is 3.55. The van der Waals surface area contributed by atoms with Gasteiger partial charge in [0.05, 0.1) is 17.9 Å². The van der Waals surface area contributed by atoms with Crippen LogP contribution >= 0.6 is 0 Å². The summed E-state index contributed by atoms with van der Waals surface area (Å²) in [5.41, 5.74) is 0.916. The first-order valence-electron chi connectivity index (χ1n) is 7.11. The van der Waals surface area contributed by atoms with Gasteiger partial charge in [-0.05, 0) is 37.1 Å². The predicted octanol–water partition coefficient (Wildman–Crippen LogP) is 3.13. The highest BCUT2D eigenvalue weighted by Gasteiger charge is 2.20. The summed E-state index contributed by atoms with van der Waals surface area (Å²) in [7, 11) is 1.72. The Hall–Kier alpha value is -2.56. The van der Waals surface area contributed by atoms with Gasteiger partial charge in [0, 0.05) is 13.5 Å². The summed E-state index contributed by atoms with van der Waals surface area (Å²) < 4.78 is 5.31. The smallest absolute Gasteiger partial charge is 0.335 e. The zero-order chi connectivity index (χ0) is 16.1. The van der Waals surface area contributed by atoms with E-state index in [-0.39, 0.29) is 23.9 Å². The van der Waals surface area contributed by atoms with Gasteiger partial charge in [-0.15, -0.1) is 0 Å². The standard InChI is InChI=1S/C17H19NO4/c1-12(15-8-5-11-22-15)18(2)16(19)10-9-13-6-3-4-7-14(13)17(20)21/h3-8,11-12H,9-10H2,1-2H3,(H,20,21). The van der Waals surface area contributed by atoms with E-state index in [1.165, 1.54) is 0 Å². The van der Waals surface area contributed by atoms with Gasteiger partial charge in [-0.3, -0.25) is 4.79 Å². The first-order valence-corrected chi connectivity index (χ1v) is 7.11. The molecule has 0 fully saturated rings. The van der Waals surface area contributed by atoms with Crippen molar-refractivity contribution >= 4 is 11.9 Å². The number of hydrogen-bond donors (Lipinski definition) is 1. The molecule has 0 saturated heterocycles. The van der Waals surface area contributed by atoms with Gasteiger partial charge in [0.1, 0.15) is 5.76 Å². The van der Waals surface area contributed by atoms with Gasteiger partial charge >= 0.3 is 5.97 Å². The van der Waals surface area contributed by atoms with Crippen LogP contribution in [0, 0.1) is 0 Å². The van der Waals surface area contributed by atoms with E-state index in [4.69, 9.17) is 9.52 Å². The number of aromatic carboxylic acids is 1. The molecule has 1 aromatic heterocycles. The maximum atomic E-state index is 12.3. The maximum absolute atomic E-state index is 12.3. The highest BCUT2D eigenvalue weighted by Crippen LogP contribution is 2.20. The summed E-state index contributed by atoms with van der Waals surface area (Å²) in [4.78, 5) is 25.0. The second-order valence-corrected chi connectivity index (χ2v) is 5.16. The molecule has 1 amide bonds. The van der Waals surface area contributed by atoms with E-state index in [1.54, 1.807) is 48.5 Å². The Balaban J connectivity index is 2.00. The lowest BCUT2D eigenvalue weighted by atomic mass is 10.0. The van der Waals surface area contributed by atoms with Crippen molar-refractivity contribution in [2.24, 2.45) is 0 Å². The molecule has 5 nitrogen and oxygen atoms in total. The molecule has 0 spiro atoms. The van der Waals surface area contributed by atoms with Crippen molar-refractivity contribution < 1.29 is 19.1 Å². The molecular formula is C17H19NO4. The fraction of sp³-hybridized carbons (Fsp3) is 0.294. The quantitative estimate of drug-likeness (QED) is 0.890. The van der Waals surface area contributed by atoms with Gasteiger partial charge < -0.3 is 14.4 Å². The Bertz CT molecular complexity index is 648. The molecule has 0 radical (unpaired) electrons. The van der Waals surface area contributed by atoms with Crippen molar-refractivity contribution in [3.63, 3.8) is 0 Å². The van der Waals surface area contributed by atoms with E-state index < -0.39 is 5.97 Å². The Morgan fingerprint density at radius 1 is 1.23 bits per heavy atom. The highest BCUT2D eigenvalue weighted by atomic mass is 16.4. The van der Waals surface area contributed by atoms with Crippen LogP contribution in [0.1, 0.15) is 41.1 Å². The normalized spacial score (nSPS) is 11.9. The van der Waals surface area contributed by atoms with Crippen molar-refractivity contribution in [3.8, 4) is 0 Å². The molecule has 0 aliphatic rings. The summed E-state index contributed by atoms with van der Waals surface area (Å²) in [6.07, 6.45) is 2.23. The van der Waals surface area contributed by atoms with E-state index in [0.717, 1.165) is 5.76 Å². The second-order valence-electron chi connectivity index (χ2n) is 5.16. The molecule has 0 bridgehead atoms. The third-order valence-corrected chi connectivity index (χ3v) is 3.79. The minimum Gasteiger partial charge on any atom is -0.478 e. The van der Waals surface area contributed by atoms with Crippen LogP contribution in [0.25, 0.3) is 0 Å². The van der Waals surface area contributed by atoms with Gasteiger partial charge in [0.15, 0.2) is 0 Å². The SMILES string of the molecule is CC(c1ccco1)N(C)C(=O)CCc1ccccc1C(=O)O. The highest BCUT2D eigenvalue weighted by molar-refractivity contribution is 5.89. The fourth-order valence-electron chi connectivity index (χ4n) is 2.30. The van der Waals surface area contributed by atoms with Crippen LogP contribution in [-0.2, 0) is 11.2 Å². The van der Waals surface area contributed by atoms with Crippen LogP contribution in [0.2, 0.25) is 0 Å². The molecular weight excluding hydrogens is 282 g/mol. The number of amides is 1. The molecule has 5 heteroatoms. The van der Waals surface area contributed by atoms with Crippen LogP contribution < -0.4 is 0 Å². The summed E-state index contributed by atoms with van der Waals surface area (Å²) in [6.45, 7) is 1.89. The van der Waals surface area contributed by atoms with Gasteiger partial charge in [0.2, 0.25) is 5.91 Å². The van der Waals surface area contributed by atoms with Crippen molar-refractivity contribution in [1.29, 1.82) is 0 Å². The van der Waals surface area contributed by atoms with Gasteiger partial charge in [-0.2, -0.15) is 0 Å². The van der Waals surface area contributed by atoms with Gasteiger partial charge in [-0.1, -0.05) is 18.2 Å². The Morgan fingerprint density at radius 2 is 1.95 bits per heavy atom. The lowest BCUT2D eigenvalue weighted by molar-refractivity contribution is -0.132. The summed E-state index contributed by atoms with van der Waals surface area (Å²) in [5, 5.41) is 9.15. The number of benzene rings is 1. The van der Waals surface area contributed by atoms with Gasteiger partial charge in [0.25, 0.3) is 0 Å². The zero-order valence-electron chi connectivity index (χ0n) is 12.7. The molecule has 0 aliphatic carbocycles. The zero-order valence-corrected chi connectivity index (χ0v) is 12.7. The van der Waals surface area contributed by atoms with Crippen LogP contribution in [0.5, 0.6) is 0 Å². The lowest BCUT2D eigenvalue weighted by Gasteiger charge is -2.23. The van der Waals surface area contributed by atoms with Gasteiger partial charge in [-0.25, -0.2) is 4.79 Å². The van der Waals surface area contributed by atoms with Crippen molar-refractivity contribution in [2.75, 3.05) is 7.05 Å². The molecule has 0 saturated carbocycles. The Morgan fingerprint density at radius 3 is 2.59 bits per heavy atom. The maximum Gasteiger partial charge on any atom is 0.335 e. The van der Waals surface area contributed by atoms with E-state index in [2.05, 4.69) is 0 Å². The molecule has 1 aromatic carbocycles. The number of furan rings is 1. The van der Waals surface area contributed by atoms with E-state index in [9.17, 15) is 9.59 Å². The number of carboxylic acid groups (broad SMARTS) is 1. The second kappa shape index (κ2) is 6.93. The number of aryl methyl sites for hydroxylation is 1. The number of carbonyl (C=O) groups excluding carboxylic acids is 1. The number of nitrogens with zero attached hydrogens (tertiary/aromatic N) is 1. The van der Waals surface area contributed by atoms with Crippen molar-refractivity contribution in [2.45, 2.75) is 25.8 Å². The molecule has 22 heavy (non-hydrogen) atoms. The Labute approximate surface area is 129 Å². The largest absolute Gasteiger partial charge is 0.478 e. The van der Waals surface area contributed by atoms with Crippen LogP contribution in [0.15, 0.2) is 47.1 Å². The summed E-state index contributed by atoms with van der Waals surface area (Å²) >= 11 is 0. The predicted molar refractivity (Wildman–Crippen MR) is 81.6 cm³/mol. The first kappa shape index (κ1) is 15.8. The van der Waals surface area contributed by atoms with Crippen molar-refractivity contribution in [3.05, 3.63) is 59.5 Å². The van der Waals surface area contributed by atoms with Crippen LogP contribution in [0.4, 0.5) is 0 Å². The first-order chi connectivity index (χ1) is 10.5. The third-order valence-electron chi connectivity index (χ3n) is 3.79. The molecule has 0 aliphatic heterocycles. The number of rotatable bonds is 6. The van der Waals surface area contributed by atoms with E-state index in [0.29, 0.717) is 12.0 Å². The fourth-order valence-corrected chi connectivity index (χ4v) is 2.30. The van der Waals surface area contributed by atoms with Crippen LogP contribution in [0.3, 0.4) is 0 Å². The molecule has 1 heterocycles. The molecule has 1 N–H and O–H groups in total. The molecule has 2 aromatic rings. The number of hydrogen-bond acceptors (Lipinski definition) is 3. The van der Waals surface area contributed by atoms with E-state index in [1.807, 2.05) is 13.0 Å². The lowest BCUT2D eigenvalue weighted by Crippen LogP contribution is -2.29. The topological polar surface area (TPSA) is 70.8 Å². The number of carboxylic acids is 1. The minimum absolute atomic E-state index is 0.0518. The average Bonchev–Trinajstić information content (AvgIpc) is 3.05. The monoisotopic (exact) mass is 301 g/mol. The summed E-state index contributed by atoms with van der Waals surface area (Å²) in [6, 6.07) is 10.2. The molecule has 1 atom stereocenters. The molecule has 2 rings (SSSR count). The van der Waals surface area contributed by atoms with Crippen molar-refractivity contribution in [1.82, 2.24) is 4.90 Å². The molecule has 116 valence electrons. The summed E-state index contributed by atoms with van der Waals surface area (Å²) in [5.74, 6) is -0.300. The molecule has 1 unspecified atom stereocenters. The number of carbonyl (C=O) groups is 2. The minimum atomic E-state index is -0.972. The van der Waals surface area contributed by atoms with Crippen LogP contribution in [-0.4, -0.2) is 28.9 Å². The Kier molecular flexibility index (Phi) is 4.99. The van der Waals surface area contributed by atoms with E-state index >= 15 is 0 Å².